The molecular formula is C35H36N4O6Zn+2. The summed E-state index contributed by atoms with van der Waals surface area (Å²) in [5, 5.41) is 36.7. The van der Waals surface area contributed by atoms with Crippen LogP contribution >= 0.6 is 0 Å². The van der Waals surface area contributed by atoms with Crippen molar-refractivity contribution >= 4 is 29.1 Å². The van der Waals surface area contributed by atoms with Crippen LogP contribution in [0.1, 0.15) is 53.9 Å². The third-order valence-electron chi connectivity index (χ3n) is 9.66. The summed E-state index contributed by atoms with van der Waals surface area (Å²) >= 11 is 0. The van der Waals surface area contributed by atoms with Gasteiger partial charge in [-0.25, -0.2) is 19.8 Å². The number of rotatable bonds is 6. The molecule has 0 aromatic carbocycles. The average molecular weight is 674 g/mol. The Hall–Kier alpha value is -4.21. The molecule has 0 aromatic heterocycles. The average Bonchev–Trinajstić information content (AvgIpc) is 3.72. The van der Waals surface area contributed by atoms with Crippen LogP contribution in [0.15, 0.2) is 119 Å². The van der Waals surface area contributed by atoms with Crippen LogP contribution in [0.2, 0.25) is 0 Å². The second kappa shape index (κ2) is 11.9. The van der Waals surface area contributed by atoms with Crippen LogP contribution in [-0.4, -0.2) is 57.1 Å². The van der Waals surface area contributed by atoms with Crippen LogP contribution in [0.4, 0.5) is 0 Å². The number of aliphatic carboxylic acids is 1. The van der Waals surface area contributed by atoms with E-state index in [1.165, 1.54) is 0 Å². The number of aliphatic hydroxyl groups is 2. The molecule has 11 heteroatoms. The molecule has 3 atom stereocenters. The second-order valence-corrected chi connectivity index (χ2v) is 12.0. The van der Waals surface area contributed by atoms with Gasteiger partial charge < -0.3 is 25.4 Å². The molecule has 10 nitrogen and oxygen atoms in total. The maximum absolute atomic E-state index is 13.3. The first-order valence-electron chi connectivity index (χ1n) is 15.0. The van der Waals surface area contributed by atoms with E-state index >= 15 is 0 Å². The quantitative estimate of drug-likeness (QED) is 0.223. The van der Waals surface area contributed by atoms with Crippen molar-refractivity contribution in [3.05, 3.63) is 104 Å². The number of carboxylic acids is 1. The Kier molecular flexibility index (Phi) is 8.55. The standard InChI is InChI=1S/C35H36N4O6.Zn/c1-8-19-15(3)22-12-24-17(5)21(10-11-28(40)41)31(38-24)30-32-29(33(42)35(30,44)34(43)45-7)18(6)25(39-32)14-27-20(9-2)16(4)23(37-27)13-26(19)36-22;/h8,12-14,17,21,38,42,44H,1,9-11H2,2-7H3,(H,40,41);/q;+2/t17-,21-,35+;/m0./s1. The Bertz CT molecular complexity index is 1880. The number of esters is 1. The minimum absolute atomic E-state index is 0. The zero-order chi connectivity index (χ0) is 32.5. The largest absolute Gasteiger partial charge is 2.00 e. The number of hydrogen-bond acceptors (Lipinski definition) is 9. The van der Waals surface area contributed by atoms with Gasteiger partial charge in [-0.2, -0.15) is 0 Å². The van der Waals surface area contributed by atoms with Gasteiger partial charge in [0.05, 0.1) is 41.3 Å². The molecule has 6 rings (SSSR count). The number of hydrogen-bond donors (Lipinski definition) is 4. The van der Waals surface area contributed by atoms with Crippen LogP contribution in [-0.2, 0) is 33.8 Å². The van der Waals surface area contributed by atoms with Gasteiger partial charge in [0.1, 0.15) is 0 Å². The van der Waals surface area contributed by atoms with Crippen LogP contribution in [0.5, 0.6) is 0 Å². The Morgan fingerprint density at radius 2 is 1.74 bits per heavy atom. The van der Waals surface area contributed by atoms with Crippen molar-refractivity contribution in [2.24, 2.45) is 26.8 Å². The monoisotopic (exact) mass is 672 g/mol. The fourth-order valence-corrected chi connectivity index (χ4v) is 7.09. The van der Waals surface area contributed by atoms with Crippen molar-refractivity contribution in [2.75, 3.05) is 7.11 Å². The predicted molar refractivity (Wildman–Crippen MR) is 171 cm³/mol. The molecular weight excluding hydrogens is 638 g/mol. The molecule has 0 unspecified atom stereocenters. The van der Waals surface area contributed by atoms with Crippen molar-refractivity contribution < 1.29 is 49.1 Å². The molecule has 6 aliphatic rings. The van der Waals surface area contributed by atoms with E-state index in [9.17, 15) is 24.9 Å². The van der Waals surface area contributed by atoms with Crippen LogP contribution in [0, 0.1) is 11.8 Å². The van der Waals surface area contributed by atoms with Gasteiger partial charge in [0.15, 0.2) is 5.76 Å². The molecule has 4 N–H and O–H groups in total. The number of nitrogens with one attached hydrogen (secondary N) is 1. The summed E-state index contributed by atoms with van der Waals surface area (Å²) in [6, 6.07) is 0. The van der Waals surface area contributed by atoms with E-state index in [-0.39, 0.29) is 55.1 Å². The van der Waals surface area contributed by atoms with Crippen molar-refractivity contribution in [3.8, 4) is 0 Å². The van der Waals surface area contributed by atoms with Crippen molar-refractivity contribution in [2.45, 2.75) is 59.5 Å². The molecule has 8 bridgehead atoms. The molecule has 232 valence electrons. The third-order valence-corrected chi connectivity index (χ3v) is 9.66. The van der Waals surface area contributed by atoms with E-state index in [1.54, 1.807) is 13.0 Å². The van der Waals surface area contributed by atoms with Crippen molar-refractivity contribution in [1.82, 2.24) is 5.32 Å². The number of methoxy groups -OCH3 is 1. The SMILES string of the molecule is C=CC1=C(C)C2=NC1=CC1=NC(=CC3=C(C)C4=C(O)[C@@](O)(C(=O)OC)C(=C5NC(=C2)[C@@H](C)[C@@H]5CCC(=O)O)C4=N3)C(CC)=C1C.[Zn+2]. The number of carbonyl (C=O) groups is 2. The second-order valence-electron chi connectivity index (χ2n) is 12.0. The molecule has 5 heterocycles. The number of carboxylic acid groups (broad SMARTS) is 1. The van der Waals surface area contributed by atoms with Gasteiger partial charge >= 0.3 is 31.4 Å². The van der Waals surface area contributed by atoms with Crippen LogP contribution in [0.3, 0.4) is 0 Å². The number of allylic oxidation sites excluding steroid dienone is 11. The molecule has 0 saturated carbocycles. The minimum Gasteiger partial charge on any atom is -0.507 e. The van der Waals surface area contributed by atoms with E-state index in [0.717, 1.165) is 58.6 Å². The summed E-state index contributed by atoms with van der Waals surface area (Å²) in [4.78, 5) is 39.9. The van der Waals surface area contributed by atoms with Gasteiger partial charge in [-0.1, -0.05) is 26.5 Å². The van der Waals surface area contributed by atoms with Gasteiger partial charge in [-0.3, -0.25) is 4.79 Å². The third kappa shape index (κ3) is 4.71. The number of carbonyl (C=O) groups excluding carboxylic acids is 1. The van der Waals surface area contributed by atoms with Crippen LogP contribution < -0.4 is 5.32 Å². The fourth-order valence-electron chi connectivity index (χ4n) is 7.09. The van der Waals surface area contributed by atoms with E-state index < -0.39 is 29.2 Å². The Labute approximate surface area is 280 Å². The summed E-state index contributed by atoms with van der Waals surface area (Å²) in [7, 11) is 1.14. The number of nitrogens with zero attached hydrogens (tertiary/aromatic N) is 3. The minimum atomic E-state index is -2.55. The Balaban J connectivity index is 0.00000417. The summed E-state index contributed by atoms with van der Waals surface area (Å²) < 4.78 is 5.02. The molecule has 0 amide bonds. The Morgan fingerprint density at radius 3 is 2.37 bits per heavy atom. The van der Waals surface area contributed by atoms with E-state index in [1.807, 2.05) is 39.0 Å². The fraction of sp³-hybridized carbons (Fsp3) is 0.343. The molecule has 0 aromatic rings. The summed E-state index contributed by atoms with van der Waals surface area (Å²) in [6.07, 6.45) is 8.29. The van der Waals surface area contributed by atoms with Gasteiger partial charge in [0.2, 0.25) is 5.60 Å². The number of aliphatic hydroxyl groups excluding tert-OH is 1. The van der Waals surface area contributed by atoms with E-state index in [2.05, 4.69) is 18.8 Å². The molecule has 46 heavy (non-hydrogen) atoms. The van der Waals surface area contributed by atoms with Gasteiger partial charge in [0.25, 0.3) is 0 Å². The number of aliphatic imine (C=N–C) groups is 3. The zero-order valence-corrected chi connectivity index (χ0v) is 29.9. The number of ether oxygens (including phenoxy) is 1. The van der Waals surface area contributed by atoms with Gasteiger partial charge in [0, 0.05) is 46.4 Å². The molecule has 0 radical (unpaired) electrons. The van der Waals surface area contributed by atoms with Gasteiger partial charge in [-0.15, -0.1) is 0 Å². The maximum Gasteiger partial charge on any atom is 2.00 e. The smallest absolute Gasteiger partial charge is 0.507 e. The summed E-state index contributed by atoms with van der Waals surface area (Å²) in [6.45, 7) is 13.8. The molecule has 1 fully saturated rings. The Morgan fingerprint density at radius 1 is 1.07 bits per heavy atom. The zero-order valence-electron chi connectivity index (χ0n) is 26.9. The molecule has 1 saturated heterocycles. The van der Waals surface area contributed by atoms with E-state index in [4.69, 9.17) is 19.7 Å². The van der Waals surface area contributed by atoms with E-state index in [0.29, 0.717) is 22.7 Å². The first-order chi connectivity index (χ1) is 21.4. The summed E-state index contributed by atoms with van der Waals surface area (Å²) in [5.41, 5.74) is 6.98. The van der Waals surface area contributed by atoms with Crippen LogP contribution in [0.25, 0.3) is 0 Å². The van der Waals surface area contributed by atoms with Crippen molar-refractivity contribution in [3.63, 3.8) is 0 Å². The predicted octanol–water partition coefficient (Wildman–Crippen LogP) is 5.22. The number of fused-ring (bicyclic) bond motifs is 5. The topological polar surface area (TPSA) is 153 Å². The molecule has 1 aliphatic carbocycles. The molecule has 5 aliphatic heterocycles. The molecule has 0 spiro atoms. The first kappa shape index (κ1) is 33.2. The maximum atomic E-state index is 13.3. The van der Waals surface area contributed by atoms with Crippen molar-refractivity contribution in [1.29, 1.82) is 0 Å². The first-order valence-corrected chi connectivity index (χ1v) is 15.0. The normalized spacial score (nSPS) is 26.4. The summed E-state index contributed by atoms with van der Waals surface area (Å²) in [5.74, 6) is -3.35. The van der Waals surface area contributed by atoms with Gasteiger partial charge in [-0.05, 0) is 74.1 Å².